The van der Waals surface area contributed by atoms with Crippen molar-refractivity contribution in [2.75, 3.05) is 39.6 Å². The molecule has 0 spiro atoms. The number of allylic oxidation sites excluding steroid dienone is 1. The van der Waals surface area contributed by atoms with Gasteiger partial charge in [-0.05, 0) is 106 Å². The van der Waals surface area contributed by atoms with Gasteiger partial charge in [0, 0.05) is 16.4 Å². The van der Waals surface area contributed by atoms with Gasteiger partial charge in [0.05, 0.1) is 37.9 Å². The Morgan fingerprint density at radius 1 is 1.15 bits per heavy atom. The molecule has 1 aromatic rings. The van der Waals surface area contributed by atoms with Gasteiger partial charge in [-0.3, -0.25) is 4.79 Å². The first kappa shape index (κ1) is 34.9. The van der Waals surface area contributed by atoms with Crippen molar-refractivity contribution < 1.29 is 19.4 Å². The minimum atomic E-state index is -0.618. The fraction of sp³-hybridized carbons (Fsp3) is 0.868. The second-order valence-corrected chi connectivity index (χ2v) is 18.6. The van der Waals surface area contributed by atoms with Gasteiger partial charge in [0.1, 0.15) is 6.33 Å². The van der Waals surface area contributed by atoms with Crippen LogP contribution >= 0.6 is 0 Å². The van der Waals surface area contributed by atoms with E-state index in [9.17, 15) is 9.90 Å². The number of nitrogens with zero attached hydrogens (tertiary/aromatic N) is 4. The lowest BCUT2D eigenvalue weighted by atomic mass is 9.34. The molecule has 0 aromatic carbocycles. The summed E-state index contributed by atoms with van der Waals surface area (Å²) in [6, 6.07) is -0.0445. The average Bonchev–Trinajstić information content (AvgIpc) is 3.42. The highest BCUT2D eigenvalue weighted by molar-refractivity contribution is 5.73. The third-order valence-corrected chi connectivity index (χ3v) is 15.8. The summed E-state index contributed by atoms with van der Waals surface area (Å²) in [5, 5.41) is 15.7. The zero-order valence-corrected chi connectivity index (χ0v) is 31.1. The van der Waals surface area contributed by atoms with Crippen LogP contribution in [0.1, 0.15) is 107 Å². The molecule has 264 valence electrons. The highest BCUT2D eigenvalue weighted by atomic mass is 16.5. The van der Waals surface area contributed by atoms with E-state index in [0.717, 1.165) is 38.5 Å². The third kappa shape index (κ3) is 4.82. The van der Waals surface area contributed by atoms with Gasteiger partial charge in [-0.1, -0.05) is 60.1 Å². The number of rotatable bonds is 8. The fourth-order valence-corrected chi connectivity index (χ4v) is 12.0. The van der Waals surface area contributed by atoms with Gasteiger partial charge in [-0.2, -0.15) is 0 Å². The number of hydrogen-bond donors (Lipinski definition) is 2. The molecule has 1 aliphatic heterocycles. The minimum Gasteiger partial charge on any atom is -0.481 e. The number of ether oxygens (including phenoxy) is 2. The van der Waals surface area contributed by atoms with Crippen LogP contribution < -0.4 is 5.73 Å². The lowest BCUT2D eigenvalue weighted by Gasteiger charge is -2.71. The Hall–Kier alpha value is -1.97. The molecule has 9 heteroatoms. The molecule has 0 unspecified atom stereocenters. The zero-order valence-electron chi connectivity index (χ0n) is 31.1. The predicted molar refractivity (Wildman–Crippen MR) is 185 cm³/mol. The topological polar surface area (TPSA) is 116 Å². The molecule has 0 amide bonds. The van der Waals surface area contributed by atoms with E-state index in [2.05, 4.69) is 92.4 Å². The highest BCUT2D eigenvalue weighted by Gasteiger charge is 2.72. The maximum absolute atomic E-state index is 13.4. The second-order valence-electron chi connectivity index (χ2n) is 18.6. The number of anilines is 1. The molecule has 11 atom stereocenters. The van der Waals surface area contributed by atoms with Crippen LogP contribution in [-0.4, -0.2) is 76.3 Å². The number of likely N-dealkylation sites (N-methyl/N-ethyl adjacent to an activating group) is 1. The largest absolute Gasteiger partial charge is 0.481 e. The number of fused-ring (bicyclic) bond motifs is 3. The van der Waals surface area contributed by atoms with Crippen LogP contribution in [0.2, 0.25) is 0 Å². The number of carboxylic acids is 1. The van der Waals surface area contributed by atoms with Crippen molar-refractivity contribution in [2.45, 2.75) is 119 Å². The number of hydrogen-bond acceptors (Lipinski definition) is 7. The summed E-state index contributed by atoms with van der Waals surface area (Å²) >= 11 is 0. The SMILES string of the molecule is CC(C)[C@@H](C)[C@@]1(C)CC[C@]2(C)[C@H]3CC[C@@H]4[C@@]5(COC[C@]4(C)[C@@H](OCC(C)(C)N(C)C)[C@H](n4cnc(N)n4)C5)C3=CC[C@@]2(C)[C@@H]1C(=O)O. The third-order valence-electron chi connectivity index (χ3n) is 15.8. The van der Waals surface area contributed by atoms with Crippen molar-refractivity contribution in [3.63, 3.8) is 0 Å². The first-order valence-electron chi connectivity index (χ1n) is 18.3. The summed E-state index contributed by atoms with van der Waals surface area (Å²) in [4.78, 5) is 20.0. The maximum Gasteiger partial charge on any atom is 0.307 e. The number of nitrogen functional groups attached to an aromatic ring is 1. The van der Waals surface area contributed by atoms with E-state index >= 15 is 0 Å². The number of nitrogens with two attached hydrogens (primary N) is 1. The Bertz CT molecular complexity index is 1410. The molecule has 47 heavy (non-hydrogen) atoms. The normalized spacial score (nSPS) is 43.9. The Balaban J connectivity index is 1.44. The fourth-order valence-electron chi connectivity index (χ4n) is 12.0. The maximum atomic E-state index is 13.4. The van der Waals surface area contributed by atoms with E-state index in [1.165, 1.54) is 5.57 Å². The molecular weight excluding hydrogens is 590 g/mol. The Morgan fingerprint density at radius 3 is 2.45 bits per heavy atom. The van der Waals surface area contributed by atoms with Crippen molar-refractivity contribution in [3.8, 4) is 0 Å². The molecular formula is C38H63N5O4. The van der Waals surface area contributed by atoms with E-state index < -0.39 is 11.9 Å². The van der Waals surface area contributed by atoms with Crippen LogP contribution in [0.4, 0.5) is 5.95 Å². The van der Waals surface area contributed by atoms with E-state index in [1.54, 1.807) is 6.33 Å². The molecule has 2 heterocycles. The number of carboxylic acid groups (broad SMARTS) is 1. The van der Waals surface area contributed by atoms with Gasteiger partial charge >= 0.3 is 5.97 Å². The zero-order chi connectivity index (χ0) is 34.5. The number of aliphatic carboxylic acids is 1. The summed E-state index contributed by atoms with van der Waals surface area (Å²) in [6.45, 7) is 22.6. The van der Waals surface area contributed by atoms with Crippen molar-refractivity contribution in [1.29, 1.82) is 0 Å². The van der Waals surface area contributed by atoms with Crippen LogP contribution in [0.3, 0.4) is 0 Å². The summed E-state index contributed by atoms with van der Waals surface area (Å²) in [5.74, 6) is 0.727. The van der Waals surface area contributed by atoms with Crippen LogP contribution in [0.25, 0.3) is 0 Å². The molecule has 4 aliphatic carbocycles. The van der Waals surface area contributed by atoms with E-state index in [-0.39, 0.29) is 50.7 Å². The van der Waals surface area contributed by atoms with Gasteiger partial charge in [-0.25, -0.2) is 9.67 Å². The van der Waals surface area contributed by atoms with Gasteiger partial charge in [-0.15, -0.1) is 5.10 Å². The highest BCUT2D eigenvalue weighted by Crippen LogP contribution is 2.75. The van der Waals surface area contributed by atoms with E-state index in [4.69, 9.17) is 20.3 Å². The van der Waals surface area contributed by atoms with Crippen LogP contribution in [0.15, 0.2) is 18.0 Å². The second kappa shape index (κ2) is 11.3. The molecule has 4 fully saturated rings. The van der Waals surface area contributed by atoms with Crippen molar-refractivity contribution >= 4 is 11.9 Å². The number of carbonyl (C=O) groups is 1. The smallest absolute Gasteiger partial charge is 0.307 e. The van der Waals surface area contributed by atoms with Crippen molar-refractivity contribution in [3.05, 3.63) is 18.0 Å². The lowest BCUT2D eigenvalue weighted by Crippen LogP contribution is -2.69. The van der Waals surface area contributed by atoms with Gasteiger partial charge < -0.3 is 25.2 Å². The van der Waals surface area contributed by atoms with Gasteiger partial charge in [0.2, 0.25) is 5.95 Å². The van der Waals surface area contributed by atoms with E-state index in [0.29, 0.717) is 43.5 Å². The lowest BCUT2D eigenvalue weighted by molar-refractivity contribution is -0.253. The average molecular weight is 654 g/mol. The summed E-state index contributed by atoms with van der Waals surface area (Å²) in [7, 11) is 4.21. The minimum absolute atomic E-state index is 0.0445. The number of aromatic nitrogens is 3. The Kier molecular flexibility index (Phi) is 8.37. The Morgan fingerprint density at radius 2 is 1.85 bits per heavy atom. The van der Waals surface area contributed by atoms with Crippen molar-refractivity contribution in [1.82, 2.24) is 19.7 Å². The molecule has 1 saturated heterocycles. The van der Waals surface area contributed by atoms with Crippen LogP contribution in [-0.2, 0) is 14.3 Å². The standard InChI is InChI=1S/C38H63N5O4/c1-23(2)24(3)34(6)16-17-36(8)25-12-13-28-35(7)20-46-21-38(28,26(25)14-15-37(36,9)29(34)31(44)45)18-27(43-22-40-32(39)41-43)30(35)47-19-33(4,5)42(10)11/h14,22-25,27-30H,12-13,15-21H2,1-11H3,(H2,39,41)(H,44,45)/t24-,25+,27-,28+,29-,30+,34-,35+,36-,37+,38+/m1/s1. The monoisotopic (exact) mass is 653 g/mol. The molecule has 5 aliphatic rings. The molecule has 3 N–H and O–H groups in total. The van der Waals surface area contributed by atoms with Gasteiger partial charge in [0.15, 0.2) is 0 Å². The first-order chi connectivity index (χ1) is 21.8. The van der Waals surface area contributed by atoms with Crippen molar-refractivity contribution in [2.24, 2.45) is 56.7 Å². The molecule has 6 rings (SSSR count). The quantitative estimate of drug-likeness (QED) is 0.298. The molecule has 9 nitrogen and oxygen atoms in total. The molecule has 2 bridgehead atoms. The van der Waals surface area contributed by atoms with Crippen LogP contribution in [0, 0.1) is 56.7 Å². The van der Waals surface area contributed by atoms with E-state index in [1.807, 2.05) is 4.68 Å². The molecule has 0 radical (unpaired) electrons. The molecule has 3 saturated carbocycles. The van der Waals surface area contributed by atoms with Gasteiger partial charge in [0.25, 0.3) is 0 Å². The molecule has 1 aromatic heterocycles. The first-order valence-corrected chi connectivity index (χ1v) is 18.3. The van der Waals surface area contributed by atoms with Crippen LogP contribution in [0.5, 0.6) is 0 Å². The summed E-state index contributed by atoms with van der Waals surface area (Å²) in [5.41, 5.74) is 6.38. The summed E-state index contributed by atoms with van der Waals surface area (Å²) in [6.07, 6.45) is 9.99. The Labute approximate surface area is 283 Å². The predicted octanol–water partition coefficient (Wildman–Crippen LogP) is 6.72. The summed E-state index contributed by atoms with van der Waals surface area (Å²) < 4.78 is 15.7.